The average Bonchev–Trinajstić information content (AvgIpc) is 2.99. The molecule has 1 heterocycles. The molecule has 2 amide bonds. The molecule has 2 aromatic rings. The molecular weight excluding hydrogens is 324 g/mol. The summed E-state index contributed by atoms with van der Waals surface area (Å²) in [5.74, 6) is 0.820. The maximum atomic E-state index is 12.0. The van der Waals surface area contributed by atoms with Gasteiger partial charge in [-0.05, 0) is 38.7 Å². The first-order valence-electron chi connectivity index (χ1n) is 7.72. The molecule has 2 rings (SSSR count). The van der Waals surface area contributed by atoms with Crippen molar-refractivity contribution in [2.24, 2.45) is 0 Å². The molecule has 1 aromatic heterocycles. The van der Waals surface area contributed by atoms with Crippen molar-refractivity contribution in [1.82, 2.24) is 20.5 Å². The van der Waals surface area contributed by atoms with Crippen LogP contribution in [-0.2, 0) is 6.54 Å². The van der Waals surface area contributed by atoms with Gasteiger partial charge in [-0.3, -0.25) is 0 Å². The third-order valence-corrected chi connectivity index (χ3v) is 4.61. The van der Waals surface area contributed by atoms with Crippen molar-refractivity contribution in [2.45, 2.75) is 19.5 Å². The highest BCUT2D eigenvalue weighted by Crippen LogP contribution is 2.20. The summed E-state index contributed by atoms with van der Waals surface area (Å²) in [7, 11) is 5.63. The standard InChI is InChI=1S/C17H24N4O2S/c1-12-11-24-16(20-12)10-19-17(22)18-9-15(21(2)3)13-5-7-14(23-4)8-6-13/h5-8,11,15H,9-10H2,1-4H3,(H2,18,19,22)/t15-/m1/s1. The lowest BCUT2D eigenvalue weighted by atomic mass is 10.1. The molecule has 0 bridgehead atoms. The Kier molecular flexibility index (Phi) is 6.57. The zero-order chi connectivity index (χ0) is 17.5. The van der Waals surface area contributed by atoms with Crippen molar-refractivity contribution in [2.75, 3.05) is 27.7 Å². The Morgan fingerprint density at radius 2 is 2.00 bits per heavy atom. The number of benzene rings is 1. The number of carbonyl (C=O) groups is 1. The Hall–Kier alpha value is -2.12. The number of nitrogens with zero attached hydrogens (tertiary/aromatic N) is 2. The second-order valence-electron chi connectivity index (χ2n) is 5.70. The van der Waals surface area contributed by atoms with Gasteiger partial charge < -0.3 is 20.3 Å². The maximum Gasteiger partial charge on any atom is 0.315 e. The van der Waals surface area contributed by atoms with Gasteiger partial charge in [-0.15, -0.1) is 11.3 Å². The summed E-state index contributed by atoms with van der Waals surface area (Å²) in [5, 5.41) is 8.64. The molecule has 1 atom stereocenters. The summed E-state index contributed by atoms with van der Waals surface area (Å²) in [6.45, 7) is 2.90. The van der Waals surface area contributed by atoms with E-state index in [0.717, 1.165) is 22.0 Å². The average molecular weight is 348 g/mol. The van der Waals surface area contributed by atoms with Crippen LogP contribution in [-0.4, -0.2) is 43.7 Å². The molecule has 6 nitrogen and oxygen atoms in total. The Morgan fingerprint density at radius 3 is 2.54 bits per heavy atom. The van der Waals surface area contributed by atoms with Crippen molar-refractivity contribution in [3.05, 3.63) is 45.9 Å². The summed E-state index contributed by atoms with van der Waals surface area (Å²) in [6.07, 6.45) is 0. The van der Waals surface area contributed by atoms with Gasteiger partial charge in [-0.25, -0.2) is 9.78 Å². The molecule has 0 aliphatic rings. The van der Waals surface area contributed by atoms with Gasteiger partial charge in [0, 0.05) is 17.6 Å². The van der Waals surface area contributed by atoms with Crippen LogP contribution in [0.2, 0.25) is 0 Å². The van der Waals surface area contributed by atoms with Gasteiger partial charge in [-0.2, -0.15) is 0 Å². The van der Waals surface area contributed by atoms with Crippen LogP contribution in [0.15, 0.2) is 29.6 Å². The molecule has 0 saturated heterocycles. The predicted molar refractivity (Wildman–Crippen MR) is 96.5 cm³/mol. The van der Waals surface area contributed by atoms with E-state index in [4.69, 9.17) is 4.74 Å². The zero-order valence-electron chi connectivity index (χ0n) is 14.5. The minimum absolute atomic E-state index is 0.0868. The Bertz CT molecular complexity index is 655. The second-order valence-corrected chi connectivity index (χ2v) is 6.64. The molecule has 0 saturated carbocycles. The highest BCUT2D eigenvalue weighted by Gasteiger charge is 2.15. The third-order valence-electron chi connectivity index (χ3n) is 3.65. The van der Waals surface area contributed by atoms with Crippen LogP contribution in [0.4, 0.5) is 4.79 Å². The second kappa shape index (κ2) is 8.65. The lowest BCUT2D eigenvalue weighted by Gasteiger charge is -2.25. The number of carbonyl (C=O) groups excluding carboxylic acids is 1. The molecule has 0 spiro atoms. The number of methoxy groups -OCH3 is 1. The highest BCUT2D eigenvalue weighted by atomic mass is 32.1. The van der Waals surface area contributed by atoms with E-state index in [9.17, 15) is 4.79 Å². The van der Waals surface area contributed by atoms with Crippen molar-refractivity contribution < 1.29 is 9.53 Å². The first kappa shape index (κ1) is 18.2. The number of nitrogens with one attached hydrogen (secondary N) is 2. The molecule has 130 valence electrons. The number of hydrogen-bond donors (Lipinski definition) is 2. The lowest BCUT2D eigenvalue weighted by molar-refractivity contribution is 0.232. The van der Waals surface area contributed by atoms with E-state index >= 15 is 0 Å². The van der Waals surface area contributed by atoms with Crippen molar-refractivity contribution in [3.63, 3.8) is 0 Å². The first-order valence-corrected chi connectivity index (χ1v) is 8.60. The van der Waals surface area contributed by atoms with Gasteiger partial charge in [0.25, 0.3) is 0 Å². The molecule has 7 heteroatoms. The number of thiazole rings is 1. The van der Waals surface area contributed by atoms with Crippen molar-refractivity contribution in [1.29, 1.82) is 0 Å². The van der Waals surface area contributed by atoms with Crippen molar-refractivity contribution >= 4 is 17.4 Å². The van der Waals surface area contributed by atoms with E-state index in [1.807, 2.05) is 50.7 Å². The smallest absolute Gasteiger partial charge is 0.315 e. The minimum atomic E-state index is -0.191. The van der Waals surface area contributed by atoms with Gasteiger partial charge in [0.05, 0.1) is 19.7 Å². The quantitative estimate of drug-likeness (QED) is 0.807. The van der Waals surface area contributed by atoms with Gasteiger partial charge in [0.2, 0.25) is 0 Å². The van der Waals surface area contributed by atoms with Crippen LogP contribution in [0.3, 0.4) is 0 Å². The number of aryl methyl sites for hydroxylation is 1. The summed E-state index contributed by atoms with van der Waals surface area (Å²) in [4.78, 5) is 18.4. The third kappa shape index (κ3) is 5.21. The Balaban J connectivity index is 1.87. The predicted octanol–water partition coefficient (Wildman–Crippen LogP) is 2.56. The summed E-state index contributed by atoms with van der Waals surface area (Å²) in [5.41, 5.74) is 2.10. The molecule has 0 aliphatic carbocycles. The number of hydrogen-bond acceptors (Lipinski definition) is 5. The summed E-state index contributed by atoms with van der Waals surface area (Å²) in [6, 6.07) is 7.78. The van der Waals surface area contributed by atoms with Crippen LogP contribution in [0.5, 0.6) is 5.75 Å². The zero-order valence-corrected chi connectivity index (χ0v) is 15.3. The van der Waals surface area contributed by atoms with E-state index < -0.39 is 0 Å². The summed E-state index contributed by atoms with van der Waals surface area (Å²) >= 11 is 1.55. The minimum Gasteiger partial charge on any atom is -0.497 e. The van der Waals surface area contributed by atoms with E-state index in [-0.39, 0.29) is 12.1 Å². The normalized spacial score (nSPS) is 12.0. The van der Waals surface area contributed by atoms with E-state index in [0.29, 0.717) is 13.1 Å². The number of urea groups is 1. The van der Waals surface area contributed by atoms with Gasteiger partial charge in [0.1, 0.15) is 10.8 Å². The lowest BCUT2D eigenvalue weighted by Crippen LogP contribution is -2.40. The molecule has 0 radical (unpaired) electrons. The fourth-order valence-electron chi connectivity index (χ4n) is 2.32. The van der Waals surface area contributed by atoms with Gasteiger partial charge in [0.15, 0.2) is 0 Å². The molecule has 0 fully saturated rings. The van der Waals surface area contributed by atoms with Crippen molar-refractivity contribution in [3.8, 4) is 5.75 Å². The van der Waals surface area contributed by atoms with E-state index in [1.165, 1.54) is 0 Å². The van der Waals surface area contributed by atoms with Gasteiger partial charge in [-0.1, -0.05) is 12.1 Å². The van der Waals surface area contributed by atoms with Crippen LogP contribution in [0.1, 0.15) is 22.3 Å². The topological polar surface area (TPSA) is 66.5 Å². The number of aromatic nitrogens is 1. The van der Waals surface area contributed by atoms with Crippen LogP contribution >= 0.6 is 11.3 Å². The first-order chi connectivity index (χ1) is 11.5. The van der Waals surface area contributed by atoms with Crippen LogP contribution in [0, 0.1) is 6.92 Å². The molecule has 1 aromatic carbocycles. The molecule has 2 N–H and O–H groups in total. The molecule has 0 aliphatic heterocycles. The number of likely N-dealkylation sites (N-methyl/N-ethyl adjacent to an activating group) is 1. The number of ether oxygens (including phenoxy) is 1. The SMILES string of the molecule is COc1ccc([C@@H](CNC(=O)NCc2nc(C)cs2)N(C)C)cc1. The fraction of sp³-hybridized carbons (Fsp3) is 0.412. The monoisotopic (exact) mass is 348 g/mol. The molecular formula is C17H24N4O2S. The van der Waals surface area contributed by atoms with Crippen LogP contribution in [0.25, 0.3) is 0 Å². The maximum absolute atomic E-state index is 12.0. The Labute approximate surface area is 146 Å². The number of rotatable bonds is 7. The fourth-order valence-corrected chi connectivity index (χ4v) is 3.03. The Morgan fingerprint density at radius 1 is 1.29 bits per heavy atom. The van der Waals surface area contributed by atoms with Gasteiger partial charge >= 0.3 is 6.03 Å². The highest BCUT2D eigenvalue weighted by molar-refractivity contribution is 7.09. The molecule has 0 unspecified atom stereocenters. The largest absolute Gasteiger partial charge is 0.497 e. The summed E-state index contributed by atoms with van der Waals surface area (Å²) < 4.78 is 5.19. The molecule has 24 heavy (non-hydrogen) atoms. The van der Waals surface area contributed by atoms with Crippen LogP contribution < -0.4 is 15.4 Å². The van der Waals surface area contributed by atoms with E-state index in [1.54, 1.807) is 18.4 Å². The number of amides is 2. The van der Waals surface area contributed by atoms with E-state index in [2.05, 4.69) is 20.5 Å².